The summed E-state index contributed by atoms with van der Waals surface area (Å²) in [4.78, 5) is 4.17. The molecule has 2 rings (SSSR count). The van der Waals surface area contributed by atoms with Crippen molar-refractivity contribution in [2.45, 2.75) is 38.9 Å². The molecule has 0 aliphatic carbocycles. The van der Waals surface area contributed by atoms with Gasteiger partial charge in [0.25, 0.3) is 0 Å². The van der Waals surface area contributed by atoms with Gasteiger partial charge >= 0.3 is 0 Å². The summed E-state index contributed by atoms with van der Waals surface area (Å²) in [5.74, 6) is 0.589. The molecule has 1 aromatic heterocycles. The van der Waals surface area contributed by atoms with E-state index in [0.717, 1.165) is 5.56 Å². The average Bonchev–Trinajstić information content (AvgIpc) is 2.95. The number of sulfone groups is 1. The second-order valence-corrected chi connectivity index (χ2v) is 8.48. The highest BCUT2D eigenvalue weighted by Gasteiger charge is 2.28. The van der Waals surface area contributed by atoms with Crippen molar-refractivity contribution >= 4 is 9.84 Å². The summed E-state index contributed by atoms with van der Waals surface area (Å²) in [6.45, 7) is 5.52. The number of aromatic nitrogens is 2. The molecule has 1 aromatic carbocycles. The molecule has 0 amide bonds. The van der Waals surface area contributed by atoms with Crippen molar-refractivity contribution in [3.8, 4) is 0 Å². The van der Waals surface area contributed by atoms with Gasteiger partial charge in [0.1, 0.15) is 11.1 Å². The fraction of sp³-hybridized carbons (Fsp3) is 0.500. The van der Waals surface area contributed by atoms with E-state index in [1.807, 2.05) is 13.8 Å². The Morgan fingerprint density at radius 2 is 1.83 bits per heavy atom. The normalized spacial score (nSPS) is 13.4. The molecule has 7 heteroatoms. The van der Waals surface area contributed by atoms with E-state index < -0.39 is 15.1 Å². The van der Waals surface area contributed by atoms with Gasteiger partial charge < -0.3 is 4.52 Å². The molecule has 0 saturated carbocycles. The lowest BCUT2D eigenvalue weighted by Crippen LogP contribution is -2.16. The number of rotatable bonds is 7. The van der Waals surface area contributed by atoms with Crippen molar-refractivity contribution in [2.24, 2.45) is 5.92 Å². The van der Waals surface area contributed by atoms with E-state index in [4.69, 9.17) is 4.52 Å². The molecular weight excluding hydrogens is 319 g/mol. The van der Waals surface area contributed by atoms with Crippen LogP contribution >= 0.6 is 0 Å². The number of benzene rings is 1. The van der Waals surface area contributed by atoms with E-state index in [1.165, 1.54) is 12.1 Å². The van der Waals surface area contributed by atoms with Gasteiger partial charge in [0, 0.05) is 6.42 Å². The van der Waals surface area contributed by atoms with E-state index in [9.17, 15) is 12.8 Å². The third kappa shape index (κ3) is 4.86. The summed E-state index contributed by atoms with van der Waals surface area (Å²) in [6, 6.07) is 5.98. The fourth-order valence-corrected chi connectivity index (χ4v) is 3.58. The highest BCUT2D eigenvalue weighted by Crippen LogP contribution is 2.23. The molecule has 0 bridgehead atoms. The predicted molar refractivity (Wildman–Crippen MR) is 85.2 cm³/mol. The zero-order valence-electron chi connectivity index (χ0n) is 13.5. The number of nitrogens with zero attached hydrogens (tertiary/aromatic N) is 2. The summed E-state index contributed by atoms with van der Waals surface area (Å²) < 4.78 is 42.5. The molecule has 1 heterocycles. The summed E-state index contributed by atoms with van der Waals surface area (Å²) in [5, 5.41) is 3.00. The lowest BCUT2D eigenvalue weighted by Gasteiger charge is -2.10. The highest BCUT2D eigenvalue weighted by molar-refractivity contribution is 7.91. The van der Waals surface area contributed by atoms with Crippen LogP contribution in [0.3, 0.4) is 0 Å². The van der Waals surface area contributed by atoms with Crippen LogP contribution in [0.4, 0.5) is 4.39 Å². The Labute approximate surface area is 135 Å². The first-order chi connectivity index (χ1) is 10.8. The van der Waals surface area contributed by atoms with E-state index >= 15 is 0 Å². The topological polar surface area (TPSA) is 73.1 Å². The smallest absolute Gasteiger partial charge is 0.244 e. The van der Waals surface area contributed by atoms with Gasteiger partial charge in [0.05, 0.1) is 5.75 Å². The van der Waals surface area contributed by atoms with Crippen LogP contribution in [-0.4, -0.2) is 24.3 Å². The molecule has 5 nitrogen and oxygen atoms in total. The van der Waals surface area contributed by atoms with Crippen molar-refractivity contribution < 1.29 is 17.3 Å². The van der Waals surface area contributed by atoms with Crippen molar-refractivity contribution in [3.05, 3.63) is 47.4 Å². The van der Waals surface area contributed by atoms with Gasteiger partial charge in [-0.2, -0.15) is 4.98 Å². The Morgan fingerprint density at radius 3 is 2.43 bits per heavy atom. The Kier molecular flexibility index (Phi) is 5.51. The van der Waals surface area contributed by atoms with Crippen molar-refractivity contribution in [2.75, 3.05) is 5.75 Å². The Bertz CT molecular complexity index is 739. The molecule has 1 unspecified atom stereocenters. The van der Waals surface area contributed by atoms with E-state index in [0.29, 0.717) is 24.6 Å². The number of halogens is 1. The molecule has 2 aromatic rings. The van der Waals surface area contributed by atoms with Crippen LogP contribution < -0.4 is 0 Å². The number of hydrogen-bond acceptors (Lipinski definition) is 5. The minimum Gasteiger partial charge on any atom is -0.338 e. The largest absolute Gasteiger partial charge is 0.338 e. The molecule has 0 spiro atoms. The van der Waals surface area contributed by atoms with Crippen LogP contribution in [-0.2, 0) is 16.3 Å². The Morgan fingerprint density at radius 1 is 1.17 bits per heavy atom. The molecule has 0 radical (unpaired) electrons. The van der Waals surface area contributed by atoms with Crippen molar-refractivity contribution in [1.29, 1.82) is 0 Å². The molecule has 0 aliphatic heterocycles. The van der Waals surface area contributed by atoms with Gasteiger partial charge in [-0.25, -0.2) is 12.8 Å². The quantitative estimate of drug-likeness (QED) is 0.773. The standard InChI is InChI=1S/C16H21FN2O3S/c1-11(2)8-9-23(20,21)12(3)16-18-15(19-22-16)10-13-4-6-14(17)7-5-13/h4-7,11-12H,8-10H2,1-3H3. The molecule has 23 heavy (non-hydrogen) atoms. The zero-order valence-corrected chi connectivity index (χ0v) is 14.3. The molecule has 1 atom stereocenters. The maximum absolute atomic E-state index is 12.9. The maximum Gasteiger partial charge on any atom is 0.244 e. The van der Waals surface area contributed by atoms with Crippen molar-refractivity contribution in [3.63, 3.8) is 0 Å². The monoisotopic (exact) mass is 340 g/mol. The second-order valence-electron chi connectivity index (χ2n) is 6.04. The molecule has 0 fully saturated rings. The Hall–Kier alpha value is -1.76. The van der Waals surface area contributed by atoms with E-state index in [2.05, 4.69) is 10.1 Å². The van der Waals surface area contributed by atoms with Gasteiger partial charge in [-0.3, -0.25) is 0 Å². The van der Waals surface area contributed by atoms with Gasteiger partial charge in [0.2, 0.25) is 5.89 Å². The summed E-state index contributed by atoms with van der Waals surface area (Å²) in [7, 11) is -3.32. The first-order valence-electron chi connectivity index (χ1n) is 7.56. The van der Waals surface area contributed by atoms with E-state index in [1.54, 1.807) is 19.1 Å². The third-order valence-corrected chi connectivity index (χ3v) is 5.71. The second kappa shape index (κ2) is 7.21. The van der Waals surface area contributed by atoms with Gasteiger partial charge in [-0.15, -0.1) is 0 Å². The van der Waals surface area contributed by atoms with Crippen LogP contribution in [0, 0.1) is 11.7 Å². The van der Waals surface area contributed by atoms with Crippen LogP contribution in [0.5, 0.6) is 0 Å². The van der Waals surface area contributed by atoms with Crippen LogP contribution in [0.2, 0.25) is 0 Å². The first kappa shape index (κ1) is 17.6. The van der Waals surface area contributed by atoms with Gasteiger partial charge in [-0.05, 0) is 37.0 Å². The molecular formula is C16H21FN2O3S. The van der Waals surface area contributed by atoms with Crippen molar-refractivity contribution in [1.82, 2.24) is 10.1 Å². The lowest BCUT2D eigenvalue weighted by atomic mass is 10.1. The highest BCUT2D eigenvalue weighted by atomic mass is 32.2. The van der Waals surface area contributed by atoms with Crippen LogP contribution in [0.25, 0.3) is 0 Å². The fourth-order valence-electron chi connectivity index (χ4n) is 2.02. The van der Waals surface area contributed by atoms with Gasteiger partial charge in [-0.1, -0.05) is 31.1 Å². The summed E-state index contributed by atoms with van der Waals surface area (Å²) >= 11 is 0. The number of hydrogen-bond donors (Lipinski definition) is 0. The first-order valence-corrected chi connectivity index (χ1v) is 9.28. The van der Waals surface area contributed by atoms with Gasteiger partial charge in [0.15, 0.2) is 15.7 Å². The lowest BCUT2D eigenvalue weighted by molar-refractivity contribution is 0.371. The predicted octanol–water partition coefficient (Wildman–Crippen LogP) is 3.32. The van der Waals surface area contributed by atoms with Crippen LogP contribution in [0.15, 0.2) is 28.8 Å². The molecule has 0 saturated heterocycles. The summed E-state index contributed by atoms with van der Waals surface area (Å²) in [5.41, 5.74) is 0.828. The SMILES string of the molecule is CC(C)CCS(=O)(=O)C(C)c1nc(Cc2ccc(F)cc2)no1. The zero-order chi connectivity index (χ0) is 17.0. The minimum atomic E-state index is -3.32. The van der Waals surface area contributed by atoms with E-state index in [-0.39, 0.29) is 17.5 Å². The minimum absolute atomic E-state index is 0.0987. The molecule has 126 valence electrons. The van der Waals surface area contributed by atoms with Crippen LogP contribution in [0.1, 0.15) is 49.7 Å². The summed E-state index contributed by atoms with van der Waals surface area (Å²) in [6.07, 6.45) is 0.964. The Balaban J connectivity index is 2.07. The molecule has 0 N–H and O–H groups in total. The maximum atomic E-state index is 12.9. The third-order valence-electron chi connectivity index (χ3n) is 3.63. The average molecular weight is 340 g/mol. The molecule has 0 aliphatic rings.